The summed E-state index contributed by atoms with van der Waals surface area (Å²) in [5, 5.41) is 4.42. The summed E-state index contributed by atoms with van der Waals surface area (Å²) in [5.41, 5.74) is 0.103. The van der Waals surface area contributed by atoms with Crippen LogP contribution >= 0.6 is 15.9 Å². The van der Waals surface area contributed by atoms with Crippen molar-refractivity contribution in [2.24, 2.45) is 0 Å². The maximum Gasteiger partial charge on any atom is 0.410 e. The lowest BCUT2D eigenvalue weighted by Gasteiger charge is -2.34. The average Bonchev–Trinajstić information content (AvgIpc) is 2.92. The predicted molar refractivity (Wildman–Crippen MR) is 80.0 cm³/mol. The van der Waals surface area contributed by atoms with Gasteiger partial charge in [0.05, 0.1) is 25.4 Å². The minimum Gasteiger partial charge on any atom is -0.444 e. The third-order valence-electron chi connectivity index (χ3n) is 3.78. The van der Waals surface area contributed by atoms with E-state index in [1.54, 1.807) is 4.90 Å². The summed E-state index contributed by atoms with van der Waals surface area (Å²) in [5.74, 6) is 0. The first kappa shape index (κ1) is 14.8. The highest BCUT2D eigenvalue weighted by atomic mass is 79.9. The Bertz CT molecular complexity index is 566. The van der Waals surface area contributed by atoms with Crippen LogP contribution in [0, 0.1) is 0 Å². The van der Waals surface area contributed by atoms with Crippen molar-refractivity contribution in [3.05, 3.63) is 16.4 Å². The van der Waals surface area contributed by atoms with Gasteiger partial charge in [-0.1, -0.05) is 0 Å². The van der Waals surface area contributed by atoms with E-state index in [4.69, 9.17) is 9.47 Å². The molecule has 0 N–H and O–H groups in total. The van der Waals surface area contributed by atoms with Gasteiger partial charge < -0.3 is 14.4 Å². The topological polar surface area (TPSA) is 56.6 Å². The number of ether oxygens (including phenoxy) is 2. The largest absolute Gasteiger partial charge is 0.444 e. The Labute approximate surface area is 132 Å². The molecule has 2 aliphatic rings. The standard InChI is InChI=1S/C14H20BrN3O3/c1-13(2,3)21-12(19)17-5-4-14(9-17)10-8-11(15)16-18(10)6-7-20-14/h8H,4-7,9H2,1-3H3/t14-/m1/s1. The number of nitrogens with zero attached hydrogens (tertiary/aromatic N) is 3. The lowest BCUT2D eigenvalue weighted by Crippen LogP contribution is -2.43. The molecule has 1 atom stereocenters. The summed E-state index contributed by atoms with van der Waals surface area (Å²) < 4.78 is 14.3. The molecule has 1 fully saturated rings. The molecular weight excluding hydrogens is 338 g/mol. The van der Waals surface area contributed by atoms with Gasteiger partial charge in [-0.15, -0.1) is 0 Å². The zero-order chi connectivity index (χ0) is 15.3. The van der Waals surface area contributed by atoms with E-state index in [2.05, 4.69) is 21.0 Å². The molecule has 0 aromatic carbocycles. The number of hydrogen-bond donors (Lipinski definition) is 0. The Morgan fingerprint density at radius 3 is 2.95 bits per heavy atom. The number of carbonyl (C=O) groups excluding carboxylic acids is 1. The fourth-order valence-electron chi connectivity index (χ4n) is 2.92. The highest BCUT2D eigenvalue weighted by Crippen LogP contribution is 2.39. The number of fused-ring (bicyclic) bond motifs is 2. The number of likely N-dealkylation sites (tertiary alicyclic amines) is 1. The Balaban J connectivity index is 1.79. The molecule has 3 rings (SSSR count). The van der Waals surface area contributed by atoms with E-state index in [1.807, 2.05) is 31.5 Å². The smallest absolute Gasteiger partial charge is 0.410 e. The van der Waals surface area contributed by atoms with Crippen LogP contribution in [0.15, 0.2) is 10.7 Å². The molecule has 1 aromatic rings. The molecule has 0 bridgehead atoms. The van der Waals surface area contributed by atoms with E-state index in [1.165, 1.54) is 0 Å². The van der Waals surface area contributed by atoms with E-state index in [-0.39, 0.29) is 6.09 Å². The molecule has 21 heavy (non-hydrogen) atoms. The number of halogens is 1. The fourth-order valence-corrected chi connectivity index (χ4v) is 3.32. The van der Waals surface area contributed by atoms with Gasteiger partial charge in [0.25, 0.3) is 0 Å². The predicted octanol–water partition coefficient (Wildman–Crippen LogP) is 2.51. The van der Waals surface area contributed by atoms with Crippen LogP contribution < -0.4 is 0 Å². The van der Waals surface area contributed by atoms with Gasteiger partial charge in [-0.2, -0.15) is 5.10 Å². The molecule has 2 aliphatic heterocycles. The van der Waals surface area contributed by atoms with Gasteiger partial charge in [0.2, 0.25) is 0 Å². The lowest BCUT2D eigenvalue weighted by atomic mass is 9.97. The Hall–Kier alpha value is -1.08. The van der Waals surface area contributed by atoms with E-state index < -0.39 is 11.2 Å². The normalized spacial score (nSPS) is 25.2. The van der Waals surface area contributed by atoms with Crippen LogP contribution in [-0.4, -0.2) is 46.1 Å². The molecule has 3 heterocycles. The van der Waals surface area contributed by atoms with Gasteiger partial charge in [0, 0.05) is 13.0 Å². The average molecular weight is 358 g/mol. The molecule has 1 spiro atoms. The molecule has 0 saturated carbocycles. The zero-order valence-corrected chi connectivity index (χ0v) is 14.1. The maximum absolute atomic E-state index is 12.2. The van der Waals surface area contributed by atoms with Crippen molar-refractivity contribution in [3.63, 3.8) is 0 Å². The first-order chi connectivity index (χ1) is 9.79. The van der Waals surface area contributed by atoms with E-state index >= 15 is 0 Å². The third-order valence-corrected chi connectivity index (χ3v) is 4.17. The van der Waals surface area contributed by atoms with Crippen LogP contribution in [-0.2, 0) is 21.6 Å². The highest BCUT2D eigenvalue weighted by Gasteiger charge is 2.47. The minimum absolute atomic E-state index is 0.279. The van der Waals surface area contributed by atoms with Gasteiger partial charge in [-0.25, -0.2) is 4.79 Å². The van der Waals surface area contributed by atoms with E-state index in [0.717, 1.165) is 23.3 Å². The first-order valence-corrected chi connectivity index (χ1v) is 7.94. The maximum atomic E-state index is 12.2. The molecule has 116 valence electrons. The van der Waals surface area contributed by atoms with Crippen molar-refractivity contribution in [2.75, 3.05) is 19.7 Å². The Morgan fingerprint density at radius 1 is 1.48 bits per heavy atom. The first-order valence-electron chi connectivity index (χ1n) is 7.15. The van der Waals surface area contributed by atoms with Crippen LogP contribution in [0.4, 0.5) is 4.79 Å². The summed E-state index contributed by atoms with van der Waals surface area (Å²) in [6, 6.07) is 1.98. The second kappa shape index (κ2) is 4.98. The van der Waals surface area contributed by atoms with Crippen LogP contribution in [0.25, 0.3) is 0 Å². The van der Waals surface area contributed by atoms with Crippen molar-refractivity contribution < 1.29 is 14.3 Å². The summed E-state index contributed by atoms with van der Waals surface area (Å²) in [4.78, 5) is 13.9. The summed E-state index contributed by atoms with van der Waals surface area (Å²) in [7, 11) is 0. The Kier molecular flexibility index (Phi) is 3.52. The molecule has 7 heteroatoms. The van der Waals surface area contributed by atoms with Crippen LogP contribution in [0.1, 0.15) is 32.9 Å². The van der Waals surface area contributed by atoms with Crippen molar-refractivity contribution in [1.82, 2.24) is 14.7 Å². The molecule has 0 unspecified atom stereocenters. The SMILES string of the molecule is CC(C)(C)OC(=O)N1CC[C@]2(C1)OCCn1nc(Br)cc12. The number of amides is 1. The van der Waals surface area contributed by atoms with Gasteiger partial charge in [0.1, 0.15) is 15.8 Å². The molecule has 1 saturated heterocycles. The second-order valence-corrected chi connectivity index (χ2v) is 7.38. The molecule has 0 aliphatic carbocycles. The highest BCUT2D eigenvalue weighted by molar-refractivity contribution is 9.10. The summed E-state index contributed by atoms with van der Waals surface area (Å²) >= 11 is 3.41. The van der Waals surface area contributed by atoms with Gasteiger partial charge >= 0.3 is 6.09 Å². The van der Waals surface area contributed by atoms with Crippen LogP contribution in [0.5, 0.6) is 0 Å². The van der Waals surface area contributed by atoms with Crippen molar-refractivity contribution in [1.29, 1.82) is 0 Å². The second-order valence-electron chi connectivity index (χ2n) is 6.57. The van der Waals surface area contributed by atoms with Crippen molar-refractivity contribution in [2.45, 2.75) is 44.9 Å². The molecule has 6 nitrogen and oxygen atoms in total. The van der Waals surface area contributed by atoms with Crippen molar-refractivity contribution in [3.8, 4) is 0 Å². The van der Waals surface area contributed by atoms with Crippen LogP contribution in [0.3, 0.4) is 0 Å². The number of aromatic nitrogens is 2. The molecular formula is C14H20BrN3O3. The summed E-state index contributed by atoms with van der Waals surface area (Å²) in [6.45, 7) is 8.14. The van der Waals surface area contributed by atoms with Gasteiger partial charge in [-0.3, -0.25) is 4.68 Å². The fraction of sp³-hybridized carbons (Fsp3) is 0.714. The van der Waals surface area contributed by atoms with Gasteiger partial charge in [0.15, 0.2) is 0 Å². The van der Waals surface area contributed by atoms with Gasteiger partial charge in [-0.05, 0) is 42.8 Å². The number of carbonyl (C=O) groups is 1. The Morgan fingerprint density at radius 2 is 2.24 bits per heavy atom. The quantitative estimate of drug-likeness (QED) is 0.715. The minimum atomic E-state index is -0.481. The summed E-state index contributed by atoms with van der Waals surface area (Å²) in [6.07, 6.45) is 0.489. The molecule has 1 aromatic heterocycles. The van der Waals surface area contributed by atoms with E-state index in [0.29, 0.717) is 19.7 Å². The number of rotatable bonds is 0. The van der Waals surface area contributed by atoms with E-state index in [9.17, 15) is 4.79 Å². The number of hydrogen-bond acceptors (Lipinski definition) is 4. The molecule has 1 amide bonds. The van der Waals surface area contributed by atoms with Crippen molar-refractivity contribution >= 4 is 22.0 Å². The monoisotopic (exact) mass is 357 g/mol. The molecule has 0 radical (unpaired) electrons. The lowest BCUT2D eigenvalue weighted by molar-refractivity contribution is -0.0727. The zero-order valence-electron chi connectivity index (χ0n) is 12.6. The van der Waals surface area contributed by atoms with Crippen LogP contribution in [0.2, 0.25) is 0 Å². The third kappa shape index (κ3) is 2.81.